The monoisotopic (exact) mass is 428 g/mol. The molecular weight excluding hydrogens is 404 g/mol. The predicted octanol–water partition coefficient (Wildman–Crippen LogP) is 4.68. The van der Waals surface area contributed by atoms with Gasteiger partial charge in [0.1, 0.15) is 25.4 Å². The average molecular weight is 428 g/mol. The third kappa shape index (κ3) is 3.91. The Balaban J connectivity index is 1.34. The van der Waals surface area contributed by atoms with E-state index in [2.05, 4.69) is 5.32 Å². The quantitative estimate of drug-likeness (QED) is 0.598. The second-order valence-electron chi connectivity index (χ2n) is 8.08. The number of ether oxygens (including phenoxy) is 2. The number of amides is 1. The van der Waals surface area contributed by atoms with Crippen molar-refractivity contribution in [2.45, 2.75) is 37.8 Å². The third-order valence-electron chi connectivity index (χ3n) is 6.07. The summed E-state index contributed by atoms with van der Waals surface area (Å²) in [5, 5.41) is 3.40. The minimum absolute atomic E-state index is 0.00440. The molecule has 1 N–H and O–H groups in total. The molecule has 2 heterocycles. The highest BCUT2D eigenvalue weighted by Gasteiger charge is 2.52. The third-order valence-corrected chi connectivity index (χ3v) is 6.07. The van der Waals surface area contributed by atoms with Crippen LogP contribution in [0.5, 0.6) is 0 Å². The van der Waals surface area contributed by atoms with Crippen molar-refractivity contribution in [1.29, 1.82) is 0 Å². The molecule has 2 aliphatic rings. The van der Waals surface area contributed by atoms with Crippen molar-refractivity contribution in [1.82, 2.24) is 4.90 Å². The van der Waals surface area contributed by atoms with Crippen molar-refractivity contribution in [3.05, 3.63) is 102 Å². The molecule has 1 amide bonds. The molecular formula is C26H24N2O4. The van der Waals surface area contributed by atoms with Crippen LogP contribution in [0.1, 0.15) is 29.0 Å². The first kappa shape index (κ1) is 20.1. The minimum atomic E-state index is -0.710. The van der Waals surface area contributed by atoms with Gasteiger partial charge >= 0.3 is 12.1 Å². The molecule has 0 saturated carbocycles. The Morgan fingerprint density at radius 2 is 1.41 bits per heavy atom. The number of hydrogen-bond acceptors (Lipinski definition) is 5. The molecule has 3 aromatic carbocycles. The molecule has 0 unspecified atom stereocenters. The fraction of sp³-hybridized carbons (Fsp3) is 0.231. The summed E-state index contributed by atoms with van der Waals surface area (Å²) in [5.74, 6) is -0.413. The van der Waals surface area contributed by atoms with Gasteiger partial charge in [0, 0.05) is 11.6 Å². The standard InChI is InChI=1S/C26H24N2O4/c29-25(31-16-18-9-3-1-4-10-18)23-15-21-20-13-7-8-14-22(20)27-24(21)28(23)26(30)32-17-19-11-5-2-6-12-19/h1-14,21,23-24,27H,15-17H2/t21-,23+,24-/m1/s1. The number of nitrogens with zero attached hydrogens (tertiary/aromatic N) is 1. The zero-order chi connectivity index (χ0) is 21.9. The largest absolute Gasteiger partial charge is 0.459 e. The van der Waals surface area contributed by atoms with Gasteiger partial charge in [-0.1, -0.05) is 78.9 Å². The lowest BCUT2D eigenvalue weighted by atomic mass is 9.96. The van der Waals surface area contributed by atoms with Gasteiger partial charge in [-0.15, -0.1) is 0 Å². The second kappa shape index (κ2) is 8.75. The number of carbonyl (C=O) groups is 2. The van der Waals surface area contributed by atoms with Crippen LogP contribution in [0, 0.1) is 0 Å². The Morgan fingerprint density at radius 3 is 2.09 bits per heavy atom. The highest BCUT2D eigenvalue weighted by atomic mass is 16.6. The van der Waals surface area contributed by atoms with Crippen molar-refractivity contribution in [3.8, 4) is 0 Å². The lowest BCUT2D eigenvalue weighted by molar-refractivity contribution is -0.150. The Labute approximate surface area is 186 Å². The SMILES string of the molecule is O=C(OCc1ccccc1)[C@@H]1C[C@@H]2c3ccccc3N[C@@H]2N1C(=O)OCc1ccccc1. The number of carbonyl (C=O) groups excluding carboxylic acids is 2. The van der Waals surface area contributed by atoms with Gasteiger partial charge in [0.15, 0.2) is 0 Å². The molecule has 0 aromatic heterocycles. The Morgan fingerprint density at radius 1 is 0.812 bits per heavy atom. The van der Waals surface area contributed by atoms with Gasteiger partial charge in [-0.2, -0.15) is 0 Å². The molecule has 5 rings (SSSR count). The maximum atomic E-state index is 13.2. The smallest absolute Gasteiger partial charge is 0.412 e. The van der Waals surface area contributed by atoms with E-state index < -0.39 is 18.1 Å². The summed E-state index contributed by atoms with van der Waals surface area (Å²) < 4.78 is 11.2. The van der Waals surface area contributed by atoms with Crippen LogP contribution >= 0.6 is 0 Å². The number of anilines is 1. The summed E-state index contributed by atoms with van der Waals surface area (Å²) in [6.45, 7) is 0.314. The van der Waals surface area contributed by atoms with Gasteiger partial charge in [0.05, 0.1) is 0 Å². The van der Waals surface area contributed by atoms with Crippen LogP contribution in [0.3, 0.4) is 0 Å². The molecule has 3 atom stereocenters. The molecule has 1 fully saturated rings. The van der Waals surface area contributed by atoms with Gasteiger partial charge in [-0.05, 0) is 29.2 Å². The number of hydrogen-bond donors (Lipinski definition) is 1. The maximum Gasteiger partial charge on any atom is 0.412 e. The zero-order valence-corrected chi connectivity index (χ0v) is 17.5. The van der Waals surface area contributed by atoms with E-state index in [4.69, 9.17) is 9.47 Å². The van der Waals surface area contributed by atoms with Gasteiger partial charge in [0.2, 0.25) is 0 Å². The van der Waals surface area contributed by atoms with Crippen LogP contribution in [0.25, 0.3) is 0 Å². The first-order valence-electron chi connectivity index (χ1n) is 10.8. The van der Waals surface area contributed by atoms with Crippen molar-refractivity contribution < 1.29 is 19.1 Å². The molecule has 32 heavy (non-hydrogen) atoms. The second-order valence-corrected chi connectivity index (χ2v) is 8.08. The fourth-order valence-electron chi connectivity index (χ4n) is 4.52. The number of para-hydroxylation sites is 1. The van der Waals surface area contributed by atoms with E-state index in [0.29, 0.717) is 6.42 Å². The molecule has 0 aliphatic carbocycles. The highest BCUT2D eigenvalue weighted by Crippen LogP contribution is 2.46. The Hall–Kier alpha value is -3.80. The molecule has 162 valence electrons. The maximum absolute atomic E-state index is 13.2. The van der Waals surface area contributed by atoms with Gasteiger partial charge in [0.25, 0.3) is 0 Å². The lowest BCUT2D eigenvalue weighted by Crippen LogP contribution is -2.48. The van der Waals surface area contributed by atoms with E-state index in [1.165, 1.54) is 4.90 Å². The number of likely N-dealkylation sites (tertiary alicyclic amines) is 1. The van der Waals surface area contributed by atoms with E-state index in [9.17, 15) is 9.59 Å². The predicted molar refractivity (Wildman–Crippen MR) is 120 cm³/mol. The van der Waals surface area contributed by atoms with Gasteiger partial charge < -0.3 is 14.8 Å². The summed E-state index contributed by atoms with van der Waals surface area (Å²) >= 11 is 0. The van der Waals surface area contributed by atoms with E-state index in [1.54, 1.807) is 0 Å². The van der Waals surface area contributed by atoms with Crippen molar-refractivity contribution >= 4 is 17.7 Å². The van der Waals surface area contributed by atoms with E-state index in [1.807, 2.05) is 84.9 Å². The molecule has 0 radical (unpaired) electrons. The topological polar surface area (TPSA) is 67.9 Å². The number of nitrogens with one attached hydrogen (secondary N) is 1. The minimum Gasteiger partial charge on any atom is -0.459 e. The normalized spacial score (nSPS) is 20.8. The van der Waals surface area contributed by atoms with Gasteiger partial charge in [-0.25, -0.2) is 9.59 Å². The van der Waals surface area contributed by atoms with E-state index in [-0.39, 0.29) is 25.3 Å². The first-order chi connectivity index (χ1) is 15.7. The summed E-state index contributed by atoms with van der Waals surface area (Å²) in [5.41, 5.74) is 3.89. The number of benzene rings is 3. The molecule has 0 bridgehead atoms. The Bertz CT molecular complexity index is 1100. The van der Waals surface area contributed by atoms with Gasteiger partial charge in [-0.3, -0.25) is 4.90 Å². The highest BCUT2D eigenvalue weighted by molar-refractivity contribution is 5.84. The fourth-order valence-corrected chi connectivity index (χ4v) is 4.52. The zero-order valence-electron chi connectivity index (χ0n) is 17.5. The van der Waals surface area contributed by atoms with Crippen molar-refractivity contribution in [2.24, 2.45) is 0 Å². The Kier molecular flexibility index (Phi) is 5.50. The lowest BCUT2D eigenvalue weighted by Gasteiger charge is -2.28. The first-order valence-corrected chi connectivity index (χ1v) is 10.8. The summed E-state index contributed by atoms with van der Waals surface area (Å²) in [4.78, 5) is 27.7. The van der Waals surface area contributed by atoms with Crippen LogP contribution in [0.4, 0.5) is 10.5 Å². The van der Waals surface area contributed by atoms with Crippen LogP contribution < -0.4 is 5.32 Å². The van der Waals surface area contributed by atoms with Crippen molar-refractivity contribution in [2.75, 3.05) is 5.32 Å². The van der Waals surface area contributed by atoms with E-state index in [0.717, 1.165) is 22.4 Å². The van der Waals surface area contributed by atoms with Crippen LogP contribution in [0.2, 0.25) is 0 Å². The average Bonchev–Trinajstić information content (AvgIpc) is 3.39. The van der Waals surface area contributed by atoms with Crippen LogP contribution in [0.15, 0.2) is 84.9 Å². The number of esters is 1. The molecule has 1 saturated heterocycles. The summed E-state index contributed by atoms with van der Waals surface area (Å²) in [6, 6.07) is 26.3. The van der Waals surface area contributed by atoms with Crippen LogP contribution in [-0.2, 0) is 27.5 Å². The van der Waals surface area contributed by atoms with E-state index >= 15 is 0 Å². The number of fused-ring (bicyclic) bond motifs is 3. The number of rotatable bonds is 5. The summed E-state index contributed by atoms with van der Waals surface area (Å²) in [7, 11) is 0. The molecule has 6 heteroatoms. The molecule has 0 spiro atoms. The molecule has 3 aromatic rings. The molecule has 2 aliphatic heterocycles. The summed E-state index contributed by atoms with van der Waals surface area (Å²) in [6.07, 6.45) is -0.379. The van der Waals surface area contributed by atoms with Crippen LogP contribution in [-0.4, -0.2) is 29.2 Å². The molecule has 6 nitrogen and oxygen atoms in total. The van der Waals surface area contributed by atoms with Crippen molar-refractivity contribution in [3.63, 3.8) is 0 Å².